The average molecular weight is 294 g/mol. The average Bonchev–Trinajstić information content (AvgIpc) is 1.77. The van der Waals surface area contributed by atoms with Gasteiger partial charge in [0.1, 0.15) is 0 Å². The number of hydrogen-bond acceptors (Lipinski definition) is 5. The molecule has 13 heteroatoms. The molecule has 0 aliphatic rings. The summed E-state index contributed by atoms with van der Waals surface area (Å²) in [7, 11) is -10.6. The van der Waals surface area contributed by atoms with E-state index in [0.717, 1.165) is 0 Å². The zero-order chi connectivity index (χ0) is 10.9. The second kappa shape index (κ2) is 8.16. The number of nitrogens with two attached hydrogens (primary N) is 1. The molecule has 0 saturated heterocycles. The molecule has 5 N–H and O–H groups in total. The monoisotopic (exact) mass is 294 g/mol. The molecule has 15 heavy (non-hydrogen) atoms. The van der Waals surface area contributed by atoms with Crippen molar-refractivity contribution in [3.05, 3.63) is 0 Å². The molecular weight excluding hydrogens is 288 g/mol. The molecule has 8 nitrogen and oxygen atoms in total. The van der Waals surface area contributed by atoms with Crippen LogP contribution >= 0.6 is 27.4 Å². The quantitative estimate of drug-likeness (QED) is 0.225. The Morgan fingerprint density at radius 1 is 1.33 bits per heavy atom. The zero-order valence-corrected chi connectivity index (χ0v) is 14.6. The molecule has 0 fully saturated rings. The number of hydrogen-bond donors (Lipinski definition) is 4. The third-order valence-corrected chi connectivity index (χ3v) is 4.25. The van der Waals surface area contributed by atoms with Gasteiger partial charge in [0.2, 0.25) is 0 Å². The van der Waals surface area contributed by atoms with Gasteiger partial charge in [0.05, 0.1) is 0 Å². The van der Waals surface area contributed by atoms with E-state index in [1.807, 2.05) is 0 Å². The minimum absolute atomic E-state index is 0. The minimum Gasteiger partial charge on any atom is -0.809 e. The minimum atomic E-state index is -5.49. The van der Waals surface area contributed by atoms with Crippen LogP contribution in [0, 0.1) is 0 Å². The second-order valence-electron chi connectivity index (χ2n) is 2.01. The topological polar surface area (TPSA) is 159 Å². The fourth-order valence-corrected chi connectivity index (χ4v) is 2.85. The summed E-state index contributed by atoms with van der Waals surface area (Å²) in [5, 5.41) is 0.837. The molecule has 0 aliphatic carbocycles. The molecule has 0 radical (unpaired) electrons. The number of rotatable bonds is 3. The molecule has 0 amide bonds. The van der Waals surface area contributed by atoms with E-state index in [9.17, 15) is 18.9 Å². The molecule has 0 aromatic rings. The van der Waals surface area contributed by atoms with Crippen molar-refractivity contribution in [2.75, 3.05) is 0 Å². The van der Waals surface area contributed by atoms with Gasteiger partial charge >= 0.3 is 66.7 Å². The van der Waals surface area contributed by atoms with E-state index in [1.54, 1.807) is 0 Å². The Morgan fingerprint density at radius 3 is 1.73 bits per heavy atom. The van der Waals surface area contributed by atoms with Gasteiger partial charge in [-0.15, -0.1) is 0 Å². The van der Waals surface area contributed by atoms with Crippen LogP contribution in [-0.2, 0) is 9.13 Å². The van der Waals surface area contributed by atoms with Crippen LogP contribution in [0.1, 0.15) is 0 Å². The van der Waals surface area contributed by atoms with Gasteiger partial charge in [-0.25, -0.2) is 0 Å². The zero-order valence-electron chi connectivity index (χ0n) is 7.98. The fourth-order valence-electron chi connectivity index (χ4n) is 0.475. The first-order chi connectivity index (χ1) is 5.55. The van der Waals surface area contributed by atoms with Gasteiger partial charge in [-0.2, -0.15) is 0 Å². The maximum absolute atomic E-state index is 10.5. The van der Waals surface area contributed by atoms with Gasteiger partial charge in [-0.3, -0.25) is 4.57 Å². The van der Waals surface area contributed by atoms with Crippen LogP contribution < -0.4 is 80.0 Å². The van der Waals surface area contributed by atoms with Crippen LogP contribution in [-0.4, -0.2) is 20.4 Å². The number of thiocarbonyl (C=S) groups is 1. The summed E-state index contributed by atoms with van der Waals surface area (Å²) in [4.78, 5) is 37.5. The molecule has 78 valence electrons. The molecule has 0 spiro atoms. The summed E-state index contributed by atoms with van der Waals surface area (Å²) in [6, 6.07) is 0. The summed E-state index contributed by atoms with van der Waals surface area (Å²) in [5.74, 6) is 0. The van der Waals surface area contributed by atoms with Crippen molar-refractivity contribution in [3.8, 4) is 0 Å². The van der Waals surface area contributed by atoms with Crippen LogP contribution in [0.4, 0.5) is 0 Å². The molecule has 0 aromatic heterocycles. The first-order valence-corrected chi connectivity index (χ1v) is 6.38. The SMILES string of the molecule is NC(=S)NC(P(=O)([O-])[O-])P(=O)(O)O.[Na+].[Na+]. The van der Waals surface area contributed by atoms with E-state index in [4.69, 9.17) is 15.5 Å². The van der Waals surface area contributed by atoms with Crippen molar-refractivity contribution in [3.63, 3.8) is 0 Å². The molecular formula is C2H6N2Na2O6P2S. The maximum atomic E-state index is 10.5. The molecule has 0 aliphatic heterocycles. The van der Waals surface area contributed by atoms with Crippen molar-refractivity contribution in [2.45, 2.75) is 5.52 Å². The molecule has 0 bridgehead atoms. The van der Waals surface area contributed by atoms with Crippen LogP contribution in [0.15, 0.2) is 0 Å². The van der Waals surface area contributed by atoms with Crippen LogP contribution in [0.25, 0.3) is 0 Å². The van der Waals surface area contributed by atoms with Crippen LogP contribution in [0.3, 0.4) is 0 Å². The largest absolute Gasteiger partial charge is 1.00 e. The Bertz CT molecular complexity index is 280. The van der Waals surface area contributed by atoms with Crippen molar-refractivity contribution in [1.29, 1.82) is 0 Å². The van der Waals surface area contributed by atoms with E-state index in [2.05, 4.69) is 12.2 Å². The van der Waals surface area contributed by atoms with E-state index in [1.165, 1.54) is 5.32 Å². The third-order valence-electron chi connectivity index (χ3n) is 0.889. The predicted molar refractivity (Wildman–Crippen MR) is 43.4 cm³/mol. The summed E-state index contributed by atoms with van der Waals surface area (Å²) >= 11 is 4.13. The molecule has 0 rings (SSSR count). The summed E-state index contributed by atoms with van der Waals surface area (Å²) < 4.78 is 20.8. The Hall–Kier alpha value is 1.99. The smallest absolute Gasteiger partial charge is 0.809 e. The van der Waals surface area contributed by atoms with Gasteiger partial charge in [0, 0.05) is 0 Å². The maximum Gasteiger partial charge on any atom is 1.00 e. The Morgan fingerprint density at radius 2 is 1.67 bits per heavy atom. The molecule has 0 heterocycles. The molecule has 0 aromatic carbocycles. The van der Waals surface area contributed by atoms with Crippen LogP contribution in [0.2, 0.25) is 0 Å². The van der Waals surface area contributed by atoms with Gasteiger partial charge in [0.25, 0.3) is 0 Å². The van der Waals surface area contributed by atoms with E-state index >= 15 is 0 Å². The Balaban J connectivity index is -0.000000720. The van der Waals surface area contributed by atoms with E-state index < -0.39 is 25.8 Å². The predicted octanol–water partition coefficient (Wildman–Crippen LogP) is -8.80. The van der Waals surface area contributed by atoms with Gasteiger partial charge in [0.15, 0.2) is 10.6 Å². The Kier molecular flexibility index (Phi) is 12.1. The van der Waals surface area contributed by atoms with Gasteiger partial charge in [-0.1, -0.05) is 0 Å². The van der Waals surface area contributed by atoms with Crippen molar-refractivity contribution in [1.82, 2.24) is 5.32 Å². The van der Waals surface area contributed by atoms with Crippen LogP contribution in [0.5, 0.6) is 0 Å². The molecule has 0 saturated carbocycles. The summed E-state index contributed by atoms with van der Waals surface area (Å²) in [5.41, 5.74) is 2.17. The third kappa shape index (κ3) is 9.67. The second-order valence-corrected chi connectivity index (χ2v) is 6.15. The fraction of sp³-hybridized carbons (Fsp3) is 0.500. The summed E-state index contributed by atoms with van der Waals surface area (Å²) in [6.07, 6.45) is 0. The van der Waals surface area contributed by atoms with Crippen molar-refractivity contribution >= 4 is 32.5 Å². The van der Waals surface area contributed by atoms with Gasteiger partial charge < -0.3 is 35.2 Å². The van der Waals surface area contributed by atoms with Crippen molar-refractivity contribution < 1.29 is 87.8 Å². The van der Waals surface area contributed by atoms with Gasteiger partial charge in [-0.05, 0) is 19.8 Å². The van der Waals surface area contributed by atoms with Crippen molar-refractivity contribution in [2.24, 2.45) is 5.73 Å². The first kappa shape index (κ1) is 22.2. The normalized spacial score (nSPS) is 13.1. The number of nitrogens with one attached hydrogen (secondary N) is 1. The first-order valence-electron chi connectivity index (χ1n) is 2.68. The Labute approximate surface area is 135 Å². The molecule has 1 unspecified atom stereocenters. The summed E-state index contributed by atoms with van der Waals surface area (Å²) in [6.45, 7) is 0. The van der Waals surface area contributed by atoms with E-state index in [0.29, 0.717) is 0 Å². The molecule has 1 atom stereocenters. The van der Waals surface area contributed by atoms with E-state index in [-0.39, 0.29) is 59.1 Å². The standard InChI is InChI=1S/C2H8N2O6P2S.2Na/c3-1(13)4-2(11(5,6)7)12(8,9)10;;/h2H,(H3,3,4,13)(H2,5,6,7)(H2,8,9,10);;/q;2*+1/p-2.